The minimum absolute atomic E-state index is 0.0366. The van der Waals surface area contributed by atoms with E-state index in [1.807, 2.05) is 0 Å². The zero-order valence-corrected chi connectivity index (χ0v) is 13.0. The molecule has 3 atom stereocenters. The number of rotatable bonds is 5. The number of halogens is 1. The maximum atomic E-state index is 13.4. The first-order chi connectivity index (χ1) is 10.5. The molecule has 130 valence electrons. The summed E-state index contributed by atoms with van der Waals surface area (Å²) in [5.41, 5.74) is 1.04. The first-order valence-corrected chi connectivity index (χ1v) is 8.02. The molecule has 5 N–H and O–H groups in total. The number of anilines is 1. The van der Waals surface area contributed by atoms with Gasteiger partial charge in [0.15, 0.2) is 6.23 Å². The molecular formula is C11H17FN3O7P. The number of ether oxygens (including phenoxy) is 1. The third-order valence-corrected chi connectivity index (χ3v) is 3.88. The van der Waals surface area contributed by atoms with Gasteiger partial charge < -0.3 is 25.4 Å². The van der Waals surface area contributed by atoms with Crippen LogP contribution in [-0.4, -0.2) is 48.9 Å². The van der Waals surface area contributed by atoms with Crippen molar-refractivity contribution in [3.05, 3.63) is 22.7 Å². The minimum atomic E-state index is -4.85. The highest BCUT2D eigenvalue weighted by molar-refractivity contribution is 7.46. The average Bonchev–Trinajstić information content (AvgIpc) is 2.68. The topological polar surface area (TPSA) is 157 Å². The molecule has 0 spiro atoms. The van der Waals surface area contributed by atoms with Gasteiger partial charge in [-0.25, -0.2) is 13.8 Å². The van der Waals surface area contributed by atoms with Crippen molar-refractivity contribution < 1.29 is 33.1 Å². The van der Waals surface area contributed by atoms with Gasteiger partial charge in [-0.2, -0.15) is 4.98 Å². The highest BCUT2D eigenvalue weighted by Crippen LogP contribution is 2.46. The van der Waals surface area contributed by atoms with Gasteiger partial charge in [0.25, 0.3) is 0 Å². The molecule has 23 heavy (non-hydrogen) atoms. The normalized spacial score (nSPS) is 31.4. The van der Waals surface area contributed by atoms with Crippen LogP contribution in [0.2, 0.25) is 0 Å². The fourth-order valence-corrected chi connectivity index (χ4v) is 2.91. The molecule has 1 fully saturated rings. The Morgan fingerprint density at radius 2 is 2.30 bits per heavy atom. The fraction of sp³-hybridized carbons (Fsp3) is 0.636. The van der Waals surface area contributed by atoms with E-state index in [9.17, 15) is 18.9 Å². The van der Waals surface area contributed by atoms with Gasteiger partial charge in [0, 0.05) is 12.6 Å². The molecule has 0 unspecified atom stereocenters. The zero-order chi connectivity index (χ0) is 17.5. The molecule has 10 nitrogen and oxygen atoms in total. The molecule has 0 bridgehead atoms. The second-order valence-electron chi connectivity index (χ2n) is 5.63. The number of aliphatic hydroxyl groups is 1. The van der Waals surface area contributed by atoms with Gasteiger partial charge in [-0.1, -0.05) is 0 Å². The predicted octanol–water partition coefficient (Wildman–Crippen LogP) is -0.687. The zero-order valence-electron chi connectivity index (χ0n) is 12.1. The summed E-state index contributed by atoms with van der Waals surface area (Å²) in [7, 11) is -4.85. The molecule has 0 saturated carbocycles. The lowest BCUT2D eigenvalue weighted by Gasteiger charge is -2.26. The second kappa shape index (κ2) is 5.93. The van der Waals surface area contributed by atoms with E-state index >= 15 is 0 Å². The maximum Gasteiger partial charge on any atom is 0.469 e. The lowest BCUT2D eigenvalue weighted by Crippen LogP contribution is -2.38. The highest BCUT2D eigenvalue weighted by atomic mass is 31.2. The molecule has 1 saturated heterocycles. The van der Waals surface area contributed by atoms with Crippen molar-refractivity contribution in [1.29, 1.82) is 0 Å². The SMILES string of the molecule is C[C@@]1(O)C[C@@](CF)(COP(=O)(O)O)O[C@H]1n1ccc(N)nc1=O. The van der Waals surface area contributed by atoms with Crippen LogP contribution in [0.1, 0.15) is 19.6 Å². The Morgan fingerprint density at radius 1 is 1.65 bits per heavy atom. The average molecular weight is 353 g/mol. The van der Waals surface area contributed by atoms with Crippen LogP contribution in [0.3, 0.4) is 0 Å². The second-order valence-corrected chi connectivity index (χ2v) is 6.87. The van der Waals surface area contributed by atoms with Gasteiger partial charge in [-0.3, -0.25) is 9.09 Å². The van der Waals surface area contributed by atoms with Crippen molar-refractivity contribution >= 4 is 13.6 Å². The van der Waals surface area contributed by atoms with Crippen LogP contribution in [0.4, 0.5) is 10.2 Å². The Kier molecular flexibility index (Phi) is 4.64. The van der Waals surface area contributed by atoms with E-state index in [-0.39, 0.29) is 12.2 Å². The van der Waals surface area contributed by atoms with Crippen LogP contribution in [0, 0.1) is 0 Å². The summed E-state index contributed by atoms with van der Waals surface area (Å²) in [6.45, 7) is -0.677. The number of phosphoric ester groups is 1. The van der Waals surface area contributed by atoms with Gasteiger partial charge in [0.1, 0.15) is 23.7 Å². The standard InChI is InChI=1S/C11H17FN3O7P/c1-10(17)4-11(5-12,6-21-23(18,19)20)22-8(10)15-3-2-7(13)14-9(15)16/h2-3,8,17H,4-6H2,1H3,(H2,13,14,16)(H2,18,19,20)/t8-,10-,11-/m1/s1. The van der Waals surface area contributed by atoms with E-state index in [4.69, 9.17) is 20.3 Å². The third kappa shape index (κ3) is 3.94. The lowest BCUT2D eigenvalue weighted by molar-refractivity contribution is -0.131. The van der Waals surface area contributed by atoms with Crippen LogP contribution in [0.5, 0.6) is 0 Å². The molecule has 2 rings (SSSR count). The molecule has 0 radical (unpaired) electrons. The summed E-state index contributed by atoms with van der Waals surface area (Å²) >= 11 is 0. The molecule has 1 aromatic heterocycles. The van der Waals surface area contributed by atoms with Crippen LogP contribution >= 0.6 is 7.82 Å². The number of aromatic nitrogens is 2. The Bertz CT molecular complexity index is 690. The van der Waals surface area contributed by atoms with Crippen LogP contribution in [-0.2, 0) is 13.8 Å². The van der Waals surface area contributed by atoms with Crippen molar-refractivity contribution in [2.24, 2.45) is 0 Å². The largest absolute Gasteiger partial charge is 0.469 e. The summed E-state index contributed by atoms with van der Waals surface area (Å²) in [4.78, 5) is 32.8. The molecule has 1 aliphatic heterocycles. The maximum absolute atomic E-state index is 13.4. The number of nitrogen functional groups attached to an aromatic ring is 1. The summed E-state index contributed by atoms with van der Waals surface area (Å²) in [6.07, 6.45) is -0.445. The molecule has 1 aromatic rings. The van der Waals surface area contributed by atoms with Crippen molar-refractivity contribution in [1.82, 2.24) is 9.55 Å². The molecule has 0 aliphatic carbocycles. The van der Waals surface area contributed by atoms with E-state index in [0.29, 0.717) is 0 Å². The fourth-order valence-electron chi connectivity index (χ4n) is 2.51. The third-order valence-electron chi connectivity index (χ3n) is 3.42. The van der Waals surface area contributed by atoms with Gasteiger partial charge >= 0.3 is 13.5 Å². The first kappa shape index (κ1) is 18.0. The Hall–Kier alpha value is -1.36. The number of nitrogens with zero attached hydrogens (tertiary/aromatic N) is 2. The quantitative estimate of drug-likeness (QED) is 0.503. The minimum Gasteiger partial charge on any atom is -0.385 e. The van der Waals surface area contributed by atoms with Crippen LogP contribution in [0.25, 0.3) is 0 Å². The molecule has 2 heterocycles. The summed E-state index contributed by atoms with van der Waals surface area (Å²) in [5, 5.41) is 10.4. The van der Waals surface area contributed by atoms with E-state index in [1.54, 1.807) is 0 Å². The number of hydrogen-bond donors (Lipinski definition) is 4. The Balaban J connectivity index is 2.32. The molecule has 1 aliphatic rings. The van der Waals surface area contributed by atoms with Crippen LogP contribution in [0.15, 0.2) is 17.1 Å². The smallest absolute Gasteiger partial charge is 0.385 e. The van der Waals surface area contributed by atoms with Crippen molar-refractivity contribution in [2.75, 3.05) is 19.0 Å². The number of nitrogens with two attached hydrogens (primary N) is 1. The summed E-state index contributed by atoms with van der Waals surface area (Å²) in [5.74, 6) is -0.0366. The summed E-state index contributed by atoms with van der Waals surface area (Å²) in [6, 6.07) is 1.29. The van der Waals surface area contributed by atoms with Crippen LogP contribution < -0.4 is 11.4 Å². The van der Waals surface area contributed by atoms with Gasteiger partial charge in [0.2, 0.25) is 0 Å². The van der Waals surface area contributed by atoms with Crippen molar-refractivity contribution in [2.45, 2.75) is 30.8 Å². The number of alkyl halides is 1. The van der Waals surface area contributed by atoms with E-state index < -0.39 is 44.2 Å². The van der Waals surface area contributed by atoms with Gasteiger partial charge in [-0.15, -0.1) is 0 Å². The molecular weight excluding hydrogens is 336 g/mol. The Morgan fingerprint density at radius 3 is 2.83 bits per heavy atom. The van der Waals surface area contributed by atoms with E-state index in [1.165, 1.54) is 19.2 Å². The van der Waals surface area contributed by atoms with Crippen molar-refractivity contribution in [3.8, 4) is 0 Å². The molecule has 0 amide bonds. The molecule has 0 aromatic carbocycles. The summed E-state index contributed by atoms with van der Waals surface area (Å²) < 4.78 is 34.9. The first-order valence-electron chi connectivity index (χ1n) is 6.49. The molecule has 12 heteroatoms. The van der Waals surface area contributed by atoms with Gasteiger partial charge in [-0.05, 0) is 13.0 Å². The van der Waals surface area contributed by atoms with E-state index in [2.05, 4.69) is 9.51 Å². The van der Waals surface area contributed by atoms with Gasteiger partial charge in [0.05, 0.1) is 6.61 Å². The highest BCUT2D eigenvalue weighted by Gasteiger charge is 2.55. The van der Waals surface area contributed by atoms with Crippen molar-refractivity contribution in [3.63, 3.8) is 0 Å². The van der Waals surface area contributed by atoms with E-state index in [0.717, 1.165) is 4.57 Å². The number of hydrogen-bond acceptors (Lipinski definition) is 7. The predicted molar refractivity (Wildman–Crippen MR) is 75.0 cm³/mol. The number of phosphoric acid groups is 1. The monoisotopic (exact) mass is 353 g/mol. The lowest BCUT2D eigenvalue weighted by atomic mass is 9.92. The Labute approximate surface area is 129 Å².